The van der Waals surface area contributed by atoms with Crippen LogP contribution in [0.3, 0.4) is 0 Å². The van der Waals surface area contributed by atoms with Crippen LogP contribution in [-0.4, -0.2) is 16.7 Å². The van der Waals surface area contributed by atoms with E-state index in [1.54, 1.807) is 42.5 Å². The average molecular weight is 430 g/mol. The first kappa shape index (κ1) is 20.3. The Bertz CT molecular complexity index is 1120. The first-order chi connectivity index (χ1) is 13.8. The highest BCUT2D eigenvalue weighted by atomic mass is 35.5. The highest BCUT2D eigenvalue weighted by Gasteiger charge is 2.16. The standard InChI is InChI=1S/C20H13Cl2N3O4/c21-14-4-1-3-12(9-14)19(26)23-15-5-2-6-16(11-15)24-20(27)13-7-8-17(22)18(10-13)25(28)29/h1-11H,(H,23,26)(H,24,27). The lowest BCUT2D eigenvalue weighted by Crippen LogP contribution is -2.14. The second-order valence-corrected chi connectivity index (χ2v) is 6.77. The van der Waals surface area contributed by atoms with Crippen molar-refractivity contribution in [2.75, 3.05) is 10.6 Å². The van der Waals surface area contributed by atoms with Crippen LogP contribution in [0.1, 0.15) is 20.7 Å². The molecule has 0 atom stereocenters. The Kier molecular flexibility index (Phi) is 6.11. The number of anilines is 2. The minimum atomic E-state index is -0.662. The number of nitro groups is 1. The van der Waals surface area contributed by atoms with Crippen LogP contribution in [0.2, 0.25) is 10.0 Å². The molecule has 7 nitrogen and oxygen atoms in total. The summed E-state index contributed by atoms with van der Waals surface area (Å²) in [5, 5.41) is 16.7. The van der Waals surface area contributed by atoms with Gasteiger partial charge in [0.15, 0.2) is 0 Å². The second-order valence-electron chi connectivity index (χ2n) is 5.92. The molecule has 3 aromatic rings. The SMILES string of the molecule is O=C(Nc1cccc(NC(=O)c2ccc(Cl)c([N+](=O)[O-])c2)c1)c1cccc(Cl)c1. The molecule has 0 radical (unpaired) electrons. The van der Waals surface area contributed by atoms with Gasteiger partial charge in [0.25, 0.3) is 17.5 Å². The molecule has 0 aliphatic carbocycles. The predicted molar refractivity (Wildman–Crippen MR) is 112 cm³/mol. The summed E-state index contributed by atoms with van der Waals surface area (Å²) in [6.07, 6.45) is 0. The van der Waals surface area contributed by atoms with E-state index in [9.17, 15) is 19.7 Å². The number of nitrogens with one attached hydrogen (secondary N) is 2. The van der Waals surface area contributed by atoms with Gasteiger partial charge in [-0.15, -0.1) is 0 Å². The smallest absolute Gasteiger partial charge is 0.288 e. The van der Waals surface area contributed by atoms with Crippen molar-refractivity contribution in [3.05, 3.63) is 98.0 Å². The lowest BCUT2D eigenvalue weighted by molar-refractivity contribution is -0.384. The normalized spacial score (nSPS) is 10.3. The monoisotopic (exact) mass is 429 g/mol. The molecule has 29 heavy (non-hydrogen) atoms. The van der Waals surface area contributed by atoms with E-state index in [2.05, 4.69) is 10.6 Å². The summed E-state index contributed by atoms with van der Waals surface area (Å²) < 4.78 is 0. The maximum atomic E-state index is 12.4. The van der Waals surface area contributed by atoms with Crippen molar-refractivity contribution >= 4 is 52.1 Å². The largest absolute Gasteiger partial charge is 0.322 e. The summed E-state index contributed by atoms with van der Waals surface area (Å²) in [6.45, 7) is 0. The van der Waals surface area contributed by atoms with E-state index in [0.29, 0.717) is 22.0 Å². The number of carbonyl (C=O) groups is 2. The third-order valence-electron chi connectivity index (χ3n) is 3.87. The molecular weight excluding hydrogens is 417 g/mol. The Morgan fingerprint density at radius 1 is 0.793 bits per heavy atom. The molecule has 3 rings (SSSR count). The van der Waals surface area contributed by atoms with E-state index in [1.165, 1.54) is 18.2 Å². The summed E-state index contributed by atoms with van der Waals surface area (Å²) in [5.41, 5.74) is 0.961. The van der Waals surface area contributed by atoms with Crippen LogP contribution in [0.15, 0.2) is 66.7 Å². The molecule has 0 unspecified atom stereocenters. The van der Waals surface area contributed by atoms with Crippen LogP contribution in [0.5, 0.6) is 0 Å². The summed E-state index contributed by atoms with van der Waals surface area (Å²) in [7, 11) is 0. The van der Waals surface area contributed by atoms with Gasteiger partial charge in [-0.3, -0.25) is 19.7 Å². The Morgan fingerprint density at radius 3 is 1.97 bits per heavy atom. The van der Waals surface area contributed by atoms with Gasteiger partial charge in [0.1, 0.15) is 5.02 Å². The minimum absolute atomic E-state index is 0.0581. The number of benzene rings is 3. The van der Waals surface area contributed by atoms with Crippen molar-refractivity contribution in [2.24, 2.45) is 0 Å². The van der Waals surface area contributed by atoms with Crippen molar-refractivity contribution in [2.45, 2.75) is 0 Å². The van der Waals surface area contributed by atoms with Gasteiger partial charge in [-0.25, -0.2) is 0 Å². The molecular formula is C20H13Cl2N3O4. The van der Waals surface area contributed by atoms with Gasteiger partial charge in [-0.1, -0.05) is 35.3 Å². The maximum absolute atomic E-state index is 12.4. The zero-order valence-corrected chi connectivity index (χ0v) is 16.2. The molecule has 0 bridgehead atoms. The number of hydrogen-bond acceptors (Lipinski definition) is 4. The van der Waals surface area contributed by atoms with Crippen molar-refractivity contribution in [1.29, 1.82) is 0 Å². The van der Waals surface area contributed by atoms with E-state index >= 15 is 0 Å². The lowest BCUT2D eigenvalue weighted by Gasteiger charge is -2.09. The van der Waals surface area contributed by atoms with Gasteiger partial charge in [0.05, 0.1) is 4.92 Å². The number of nitro benzene ring substituents is 1. The number of carbonyl (C=O) groups excluding carboxylic acids is 2. The van der Waals surface area contributed by atoms with Crippen molar-refractivity contribution in [3.8, 4) is 0 Å². The fraction of sp³-hybridized carbons (Fsp3) is 0. The van der Waals surface area contributed by atoms with Crippen molar-refractivity contribution in [1.82, 2.24) is 0 Å². The molecule has 0 aliphatic rings. The fourth-order valence-corrected chi connectivity index (χ4v) is 2.88. The highest BCUT2D eigenvalue weighted by molar-refractivity contribution is 6.32. The van der Waals surface area contributed by atoms with Gasteiger partial charge in [-0.05, 0) is 48.5 Å². The van der Waals surface area contributed by atoms with E-state index in [-0.39, 0.29) is 22.2 Å². The Labute approximate surface area is 175 Å². The molecule has 0 saturated heterocycles. The molecule has 2 N–H and O–H groups in total. The van der Waals surface area contributed by atoms with E-state index in [0.717, 1.165) is 6.07 Å². The van der Waals surface area contributed by atoms with Crippen LogP contribution in [0, 0.1) is 10.1 Å². The molecule has 0 heterocycles. The van der Waals surface area contributed by atoms with Gasteiger partial charge in [-0.2, -0.15) is 0 Å². The van der Waals surface area contributed by atoms with Gasteiger partial charge in [0.2, 0.25) is 0 Å². The summed E-state index contributed by atoms with van der Waals surface area (Å²) in [4.78, 5) is 35.1. The van der Waals surface area contributed by atoms with Gasteiger partial charge in [0, 0.05) is 33.6 Å². The second kappa shape index (κ2) is 8.72. The Balaban J connectivity index is 1.74. The molecule has 9 heteroatoms. The molecule has 0 fully saturated rings. The molecule has 146 valence electrons. The maximum Gasteiger partial charge on any atom is 0.288 e. The topological polar surface area (TPSA) is 101 Å². The lowest BCUT2D eigenvalue weighted by atomic mass is 10.1. The average Bonchev–Trinajstić information content (AvgIpc) is 2.68. The molecule has 0 aliphatic heterocycles. The fourth-order valence-electron chi connectivity index (χ4n) is 2.50. The number of nitrogens with zero attached hydrogens (tertiary/aromatic N) is 1. The number of rotatable bonds is 5. The van der Waals surface area contributed by atoms with Gasteiger partial charge >= 0.3 is 0 Å². The third-order valence-corrected chi connectivity index (χ3v) is 4.42. The first-order valence-corrected chi connectivity index (χ1v) is 9.01. The van der Waals surface area contributed by atoms with E-state index in [4.69, 9.17) is 23.2 Å². The van der Waals surface area contributed by atoms with Crippen LogP contribution >= 0.6 is 23.2 Å². The Hall–Kier alpha value is -3.42. The van der Waals surface area contributed by atoms with Crippen LogP contribution in [-0.2, 0) is 0 Å². The van der Waals surface area contributed by atoms with Gasteiger partial charge < -0.3 is 10.6 Å². The van der Waals surface area contributed by atoms with E-state index in [1.807, 2.05) is 0 Å². The molecule has 2 amide bonds. The molecule has 0 aromatic heterocycles. The summed E-state index contributed by atoms with van der Waals surface area (Å²) >= 11 is 11.7. The quantitative estimate of drug-likeness (QED) is 0.418. The third kappa shape index (κ3) is 5.10. The van der Waals surface area contributed by atoms with E-state index < -0.39 is 10.8 Å². The summed E-state index contributed by atoms with van der Waals surface area (Å²) in [5.74, 6) is -0.910. The minimum Gasteiger partial charge on any atom is -0.322 e. The predicted octanol–water partition coefficient (Wildman–Crippen LogP) is 5.41. The van der Waals surface area contributed by atoms with Crippen molar-refractivity contribution < 1.29 is 14.5 Å². The molecule has 0 spiro atoms. The Morgan fingerprint density at radius 2 is 1.38 bits per heavy atom. The summed E-state index contributed by atoms with van der Waals surface area (Å²) in [6, 6.07) is 16.7. The van der Waals surface area contributed by atoms with Crippen LogP contribution in [0.4, 0.5) is 17.1 Å². The molecule has 3 aromatic carbocycles. The van der Waals surface area contributed by atoms with Crippen molar-refractivity contribution in [3.63, 3.8) is 0 Å². The number of halogens is 2. The first-order valence-electron chi connectivity index (χ1n) is 8.26. The van der Waals surface area contributed by atoms with Crippen LogP contribution < -0.4 is 10.6 Å². The number of amides is 2. The van der Waals surface area contributed by atoms with Crippen LogP contribution in [0.25, 0.3) is 0 Å². The zero-order chi connectivity index (χ0) is 21.0. The highest BCUT2D eigenvalue weighted by Crippen LogP contribution is 2.26. The zero-order valence-electron chi connectivity index (χ0n) is 14.7. The molecule has 0 saturated carbocycles. The number of hydrogen-bond donors (Lipinski definition) is 2.